The number of hydrogen-bond donors (Lipinski definition) is 1. The maximum Gasteiger partial charge on any atom is 0.225 e. The van der Waals surface area contributed by atoms with Gasteiger partial charge in [0.25, 0.3) is 0 Å². The second kappa shape index (κ2) is 8.47. The predicted octanol–water partition coefficient (Wildman–Crippen LogP) is 2.93. The van der Waals surface area contributed by atoms with E-state index in [0.717, 1.165) is 32.1 Å². The van der Waals surface area contributed by atoms with Crippen LogP contribution in [0, 0.1) is 0 Å². The van der Waals surface area contributed by atoms with Gasteiger partial charge in [-0.3, -0.25) is 9.69 Å². The summed E-state index contributed by atoms with van der Waals surface area (Å²) >= 11 is 11.9. The van der Waals surface area contributed by atoms with E-state index in [-0.39, 0.29) is 5.91 Å². The van der Waals surface area contributed by atoms with Crippen LogP contribution in [0.4, 0.5) is 11.6 Å². The fourth-order valence-electron chi connectivity index (χ4n) is 2.69. The first-order valence-corrected chi connectivity index (χ1v) is 8.86. The van der Waals surface area contributed by atoms with Crippen LogP contribution in [0.5, 0.6) is 0 Å². The van der Waals surface area contributed by atoms with E-state index in [1.807, 2.05) is 6.07 Å². The number of amides is 1. The summed E-state index contributed by atoms with van der Waals surface area (Å²) in [4.78, 5) is 25.1. The molecule has 1 amide bonds. The van der Waals surface area contributed by atoms with Crippen molar-refractivity contribution in [3.63, 3.8) is 0 Å². The number of rotatable bonds is 5. The summed E-state index contributed by atoms with van der Waals surface area (Å²) in [7, 11) is 0. The number of carbonyl (C=O) groups is 1. The first-order chi connectivity index (χ1) is 12.1. The Morgan fingerprint density at radius 1 is 1.12 bits per heavy atom. The molecule has 0 atom stereocenters. The topological polar surface area (TPSA) is 61.4 Å². The molecule has 0 unspecified atom stereocenters. The normalized spacial score (nSPS) is 15.2. The fourth-order valence-corrected chi connectivity index (χ4v) is 3.14. The van der Waals surface area contributed by atoms with Crippen molar-refractivity contribution in [1.82, 2.24) is 14.9 Å². The molecule has 0 aliphatic carbocycles. The van der Waals surface area contributed by atoms with E-state index in [2.05, 4.69) is 25.1 Å². The number of anilines is 2. The van der Waals surface area contributed by atoms with Crippen molar-refractivity contribution in [2.45, 2.75) is 6.42 Å². The molecule has 3 rings (SSSR count). The van der Waals surface area contributed by atoms with Gasteiger partial charge < -0.3 is 10.2 Å². The summed E-state index contributed by atoms with van der Waals surface area (Å²) in [5.41, 5.74) is 0.585. The summed E-state index contributed by atoms with van der Waals surface area (Å²) in [5.74, 6) is 0.704. The molecule has 1 aliphatic heterocycles. The van der Waals surface area contributed by atoms with E-state index in [1.54, 1.807) is 30.6 Å². The van der Waals surface area contributed by atoms with Gasteiger partial charge in [0.15, 0.2) is 0 Å². The molecule has 2 aromatic rings. The minimum Gasteiger partial charge on any atom is -0.338 e. The zero-order valence-corrected chi connectivity index (χ0v) is 15.2. The Kier molecular flexibility index (Phi) is 6.07. The lowest BCUT2D eigenvalue weighted by Gasteiger charge is -2.34. The van der Waals surface area contributed by atoms with Gasteiger partial charge in [0, 0.05) is 56.6 Å². The molecule has 132 valence electrons. The summed E-state index contributed by atoms with van der Waals surface area (Å²) in [6, 6.07) is 6.84. The number of nitrogens with zero attached hydrogens (tertiary/aromatic N) is 4. The quantitative estimate of drug-likeness (QED) is 0.864. The molecule has 25 heavy (non-hydrogen) atoms. The zero-order valence-electron chi connectivity index (χ0n) is 13.7. The molecule has 0 radical (unpaired) electrons. The van der Waals surface area contributed by atoms with E-state index in [4.69, 9.17) is 23.2 Å². The van der Waals surface area contributed by atoms with Crippen LogP contribution in [0.3, 0.4) is 0 Å². The Hall–Kier alpha value is -1.89. The zero-order chi connectivity index (χ0) is 17.6. The number of carbonyl (C=O) groups excluding carboxylic acids is 1. The Balaban J connectivity index is 1.43. The Morgan fingerprint density at radius 3 is 2.52 bits per heavy atom. The largest absolute Gasteiger partial charge is 0.338 e. The minimum absolute atomic E-state index is 0.0574. The molecular weight excluding hydrogens is 361 g/mol. The standard InChI is InChI=1S/C17H19Cl2N5O/c18-13-2-3-15(14(19)12-13)22-16(25)4-7-23-8-10-24(11-9-23)17-20-5-1-6-21-17/h1-3,5-6,12H,4,7-11H2,(H,22,25). The highest BCUT2D eigenvalue weighted by atomic mass is 35.5. The third-order valence-corrected chi connectivity index (χ3v) is 4.62. The minimum atomic E-state index is -0.0574. The summed E-state index contributed by atoms with van der Waals surface area (Å²) in [6.07, 6.45) is 3.92. The van der Waals surface area contributed by atoms with Gasteiger partial charge in [0.05, 0.1) is 10.7 Å². The number of hydrogen-bond acceptors (Lipinski definition) is 5. The molecule has 0 bridgehead atoms. The number of nitrogens with one attached hydrogen (secondary N) is 1. The van der Waals surface area contributed by atoms with E-state index in [9.17, 15) is 4.79 Å². The van der Waals surface area contributed by atoms with Crippen molar-refractivity contribution >= 4 is 40.7 Å². The van der Waals surface area contributed by atoms with Crippen LogP contribution in [0.25, 0.3) is 0 Å². The van der Waals surface area contributed by atoms with Gasteiger partial charge in [-0.2, -0.15) is 0 Å². The third-order valence-electron chi connectivity index (χ3n) is 4.07. The van der Waals surface area contributed by atoms with E-state index in [1.165, 1.54) is 0 Å². The average molecular weight is 380 g/mol. The summed E-state index contributed by atoms with van der Waals surface area (Å²) < 4.78 is 0. The van der Waals surface area contributed by atoms with Crippen LogP contribution in [-0.4, -0.2) is 53.5 Å². The molecule has 0 saturated carbocycles. The van der Waals surface area contributed by atoms with Crippen molar-refractivity contribution in [3.8, 4) is 0 Å². The summed E-state index contributed by atoms with van der Waals surface area (Å²) in [5, 5.41) is 3.81. The first-order valence-electron chi connectivity index (χ1n) is 8.11. The molecule has 1 aliphatic rings. The molecule has 1 fully saturated rings. The Bertz CT molecular complexity index is 720. The van der Waals surface area contributed by atoms with Crippen molar-refractivity contribution < 1.29 is 4.79 Å². The molecule has 2 heterocycles. The Morgan fingerprint density at radius 2 is 1.84 bits per heavy atom. The van der Waals surface area contributed by atoms with Gasteiger partial charge in [-0.25, -0.2) is 9.97 Å². The molecule has 8 heteroatoms. The number of aromatic nitrogens is 2. The lowest BCUT2D eigenvalue weighted by atomic mass is 10.2. The van der Waals surface area contributed by atoms with E-state index >= 15 is 0 Å². The van der Waals surface area contributed by atoms with Crippen molar-refractivity contribution in [2.24, 2.45) is 0 Å². The molecule has 1 saturated heterocycles. The second-order valence-corrected chi connectivity index (χ2v) is 6.64. The average Bonchev–Trinajstić information content (AvgIpc) is 2.63. The van der Waals surface area contributed by atoms with Crippen molar-refractivity contribution in [2.75, 3.05) is 42.9 Å². The maximum absolute atomic E-state index is 12.1. The summed E-state index contributed by atoms with van der Waals surface area (Å²) in [6.45, 7) is 4.18. The van der Waals surface area contributed by atoms with Gasteiger partial charge in [-0.15, -0.1) is 0 Å². The maximum atomic E-state index is 12.1. The molecular formula is C17H19Cl2N5O. The van der Waals surface area contributed by atoms with E-state index in [0.29, 0.717) is 28.7 Å². The number of benzene rings is 1. The van der Waals surface area contributed by atoms with Crippen molar-refractivity contribution in [3.05, 3.63) is 46.7 Å². The van der Waals surface area contributed by atoms with Crippen LogP contribution in [-0.2, 0) is 4.79 Å². The van der Waals surface area contributed by atoms with Gasteiger partial charge >= 0.3 is 0 Å². The molecule has 1 N–H and O–H groups in total. The highest BCUT2D eigenvalue weighted by Crippen LogP contribution is 2.25. The lowest BCUT2D eigenvalue weighted by Crippen LogP contribution is -2.47. The molecule has 1 aromatic carbocycles. The lowest BCUT2D eigenvalue weighted by molar-refractivity contribution is -0.116. The van der Waals surface area contributed by atoms with Gasteiger partial charge in [0.2, 0.25) is 11.9 Å². The van der Waals surface area contributed by atoms with Crippen LogP contribution in [0.2, 0.25) is 10.0 Å². The second-order valence-electron chi connectivity index (χ2n) is 5.80. The first kappa shape index (κ1) is 17.9. The van der Waals surface area contributed by atoms with Crippen LogP contribution >= 0.6 is 23.2 Å². The van der Waals surface area contributed by atoms with Gasteiger partial charge in [0.1, 0.15) is 0 Å². The fraction of sp³-hybridized carbons (Fsp3) is 0.353. The van der Waals surface area contributed by atoms with Gasteiger partial charge in [-0.05, 0) is 24.3 Å². The van der Waals surface area contributed by atoms with Crippen LogP contribution in [0.15, 0.2) is 36.7 Å². The molecule has 0 spiro atoms. The number of halogens is 2. The van der Waals surface area contributed by atoms with Crippen LogP contribution in [0.1, 0.15) is 6.42 Å². The monoisotopic (exact) mass is 379 g/mol. The van der Waals surface area contributed by atoms with Crippen LogP contribution < -0.4 is 10.2 Å². The highest BCUT2D eigenvalue weighted by molar-refractivity contribution is 6.36. The smallest absolute Gasteiger partial charge is 0.225 e. The third kappa shape index (κ3) is 5.04. The van der Waals surface area contributed by atoms with E-state index < -0.39 is 0 Å². The Labute approximate surface area is 156 Å². The highest BCUT2D eigenvalue weighted by Gasteiger charge is 2.19. The molecule has 1 aromatic heterocycles. The van der Waals surface area contributed by atoms with Crippen molar-refractivity contribution in [1.29, 1.82) is 0 Å². The SMILES string of the molecule is O=C(CCN1CCN(c2ncccn2)CC1)Nc1ccc(Cl)cc1Cl. The number of piperazine rings is 1. The predicted molar refractivity (Wildman–Crippen MR) is 100 cm³/mol. The van der Waals surface area contributed by atoms with Gasteiger partial charge in [-0.1, -0.05) is 23.2 Å². The molecule has 6 nitrogen and oxygen atoms in total.